The Labute approximate surface area is 139 Å². The minimum absolute atomic E-state index is 0.0535. The van der Waals surface area contributed by atoms with Gasteiger partial charge in [0, 0.05) is 12.1 Å². The van der Waals surface area contributed by atoms with Gasteiger partial charge in [0.2, 0.25) is 10.0 Å². The van der Waals surface area contributed by atoms with E-state index in [0.717, 1.165) is 4.90 Å². The van der Waals surface area contributed by atoms with Gasteiger partial charge in [0.1, 0.15) is 10.6 Å². The first-order chi connectivity index (χ1) is 11.3. The van der Waals surface area contributed by atoms with Crippen LogP contribution in [0.5, 0.6) is 5.75 Å². The van der Waals surface area contributed by atoms with Crippen molar-refractivity contribution in [3.63, 3.8) is 0 Å². The van der Waals surface area contributed by atoms with Gasteiger partial charge in [-0.05, 0) is 25.2 Å². The van der Waals surface area contributed by atoms with Crippen LogP contribution in [0, 0.1) is 0 Å². The Morgan fingerprint density at radius 1 is 1.42 bits per heavy atom. The monoisotopic (exact) mass is 358 g/mol. The summed E-state index contributed by atoms with van der Waals surface area (Å²) in [6.07, 6.45) is 0. The zero-order valence-electron chi connectivity index (χ0n) is 13.2. The van der Waals surface area contributed by atoms with Crippen LogP contribution in [-0.4, -0.2) is 70.3 Å². The van der Waals surface area contributed by atoms with E-state index < -0.39 is 27.9 Å². The summed E-state index contributed by atoms with van der Waals surface area (Å²) in [4.78, 5) is 24.9. The highest BCUT2D eigenvalue weighted by Gasteiger charge is 2.34. The molecular formula is C14H18N2O7S. The van der Waals surface area contributed by atoms with E-state index >= 15 is 0 Å². The summed E-state index contributed by atoms with van der Waals surface area (Å²) < 4.78 is 36.4. The van der Waals surface area contributed by atoms with Crippen LogP contribution in [0.4, 0.5) is 0 Å². The molecule has 1 aliphatic rings. The number of nitrogens with zero attached hydrogens (tertiary/aromatic N) is 1. The summed E-state index contributed by atoms with van der Waals surface area (Å²) in [5, 5.41) is 9.21. The molecule has 0 aliphatic carbocycles. The lowest BCUT2D eigenvalue weighted by molar-refractivity contribution is -0.147. The van der Waals surface area contributed by atoms with E-state index in [9.17, 15) is 23.1 Å². The SMILES string of the molecule is CNS(=O)(=O)c1cc(C(=O)N2CCOCC2C(=O)O)ccc1OC. The van der Waals surface area contributed by atoms with E-state index in [4.69, 9.17) is 9.47 Å². The molecule has 1 aromatic rings. The molecule has 2 rings (SSSR count). The van der Waals surface area contributed by atoms with E-state index in [0.29, 0.717) is 0 Å². The van der Waals surface area contributed by atoms with Crippen molar-refractivity contribution in [3.05, 3.63) is 23.8 Å². The van der Waals surface area contributed by atoms with Crippen LogP contribution in [-0.2, 0) is 19.6 Å². The highest BCUT2D eigenvalue weighted by Crippen LogP contribution is 2.26. The fourth-order valence-electron chi connectivity index (χ4n) is 2.35. The summed E-state index contributed by atoms with van der Waals surface area (Å²) >= 11 is 0. The highest BCUT2D eigenvalue weighted by atomic mass is 32.2. The Morgan fingerprint density at radius 3 is 2.71 bits per heavy atom. The fraction of sp³-hybridized carbons (Fsp3) is 0.429. The molecule has 0 radical (unpaired) electrons. The third-order valence-corrected chi connectivity index (χ3v) is 5.08. The highest BCUT2D eigenvalue weighted by molar-refractivity contribution is 7.89. The molecule has 1 fully saturated rings. The normalized spacial score (nSPS) is 18.2. The van der Waals surface area contributed by atoms with Crippen molar-refractivity contribution in [3.8, 4) is 5.75 Å². The van der Waals surface area contributed by atoms with E-state index in [1.807, 2.05) is 0 Å². The topological polar surface area (TPSA) is 122 Å². The molecule has 1 aliphatic heterocycles. The van der Waals surface area contributed by atoms with E-state index in [1.165, 1.54) is 32.4 Å². The fourth-order valence-corrected chi connectivity index (χ4v) is 3.27. The number of hydrogen-bond donors (Lipinski definition) is 2. The molecule has 1 unspecified atom stereocenters. The number of ether oxygens (including phenoxy) is 2. The molecule has 1 aromatic carbocycles. The number of carboxylic acids is 1. The number of nitrogens with one attached hydrogen (secondary N) is 1. The average Bonchev–Trinajstić information content (AvgIpc) is 2.60. The molecule has 9 nitrogen and oxygen atoms in total. The lowest BCUT2D eigenvalue weighted by Crippen LogP contribution is -2.52. The standard InChI is InChI=1S/C14H18N2O7S/c1-15-24(20,21)12-7-9(3-4-11(12)22-2)13(17)16-5-6-23-8-10(16)14(18)19/h3-4,7,10,15H,5-6,8H2,1-2H3,(H,18,19). The third-order valence-electron chi connectivity index (χ3n) is 3.64. The average molecular weight is 358 g/mol. The molecule has 1 saturated heterocycles. The minimum atomic E-state index is -3.84. The molecule has 2 N–H and O–H groups in total. The molecule has 10 heteroatoms. The number of hydrogen-bond acceptors (Lipinski definition) is 6. The molecule has 1 heterocycles. The van der Waals surface area contributed by atoms with Gasteiger partial charge in [0.15, 0.2) is 6.04 Å². The van der Waals surface area contributed by atoms with Crippen molar-refractivity contribution in [1.29, 1.82) is 0 Å². The zero-order valence-corrected chi connectivity index (χ0v) is 14.0. The summed E-state index contributed by atoms with van der Waals surface area (Å²) in [5.41, 5.74) is 0.0535. The van der Waals surface area contributed by atoms with Gasteiger partial charge in [-0.15, -0.1) is 0 Å². The van der Waals surface area contributed by atoms with Crippen LogP contribution in [0.15, 0.2) is 23.1 Å². The number of morpholine rings is 1. The number of rotatable bonds is 5. The molecule has 0 bridgehead atoms. The maximum Gasteiger partial charge on any atom is 0.328 e. The van der Waals surface area contributed by atoms with E-state index in [2.05, 4.69) is 4.72 Å². The van der Waals surface area contributed by atoms with E-state index in [1.54, 1.807) is 0 Å². The number of aliphatic carboxylic acids is 1. The second kappa shape index (κ2) is 7.16. The van der Waals surface area contributed by atoms with Crippen LogP contribution in [0.1, 0.15) is 10.4 Å². The van der Waals surface area contributed by atoms with Crippen molar-refractivity contribution in [2.24, 2.45) is 0 Å². The van der Waals surface area contributed by atoms with Crippen molar-refractivity contribution in [2.45, 2.75) is 10.9 Å². The number of carbonyl (C=O) groups excluding carboxylic acids is 1. The van der Waals surface area contributed by atoms with Gasteiger partial charge in [-0.2, -0.15) is 0 Å². The first-order valence-corrected chi connectivity index (χ1v) is 8.53. The van der Waals surface area contributed by atoms with E-state index in [-0.39, 0.29) is 36.0 Å². The van der Waals surface area contributed by atoms with Crippen LogP contribution < -0.4 is 9.46 Å². The molecule has 1 amide bonds. The maximum atomic E-state index is 12.6. The largest absolute Gasteiger partial charge is 0.495 e. The summed E-state index contributed by atoms with van der Waals surface area (Å²) in [5.74, 6) is -1.68. The number of methoxy groups -OCH3 is 1. The Hall–Kier alpha value is -2.17. The number of amides is 1. The predicted molar refractivity (Wildman–Crippen MR) is 82.5 cm³/mol. The smallest absolute Gasteiger partial charge is 0.328 e. The van der Waals surface area contributed by atoms with Crippen molar-refractivity contribution in [1.82, 2.24) is 9.62 Å². The van der Waals surface area contributed by atoms with Gasteiger partial charge in [-0.3, -0.25) is 4.79 Å². The number of carboxylic acid groups (broad SMARTS) is 1. The van der Waals surface area contributed by atoms with Crippen molar-refractivity contribution >= 4 is 21.9 Å². The first-order valence-electron chi connectivity index (χ1n) is 7.05. The second-order valence-corrected chi connectivity index (χ2v) is 6.86. The molecule has 0 aromatic heterocycles. The van der Waals surface area contributed by atoms with Gasteiger partial charge in [0.25, 0.3) is 5.91 Å². The Kier molecular flexibility index (Phi) is 5.42. The molecule has 24 heavy (non-hydrogen) atoms. The third kappa shape index (κ3) is 3.50. The molecular weight excluding hydrogens is 340 g/mol. The lowest BCUT2D eigenvalue weighted by atomic mass is 10.1. The number of sulfonamides is 1. The molecule has 132 valence electrons. The molecule has 0 spiro atoms. The van der Waals surface area contributed by atoms with Crippen LogP contribution in [0.3, 0.4) is 0 Å². The second-order valence-electron chi connectivity index (χ2n) is 5.00. The quantitative estimate of drug-likeness (QED) is 0.729. The number of benzene rings is 1. The molecule has 1 atom stereocenters. The lowest BCUT2D eigenvalue weighted by Gasteiger charge is -2.33. The van der Waals surface area contributed by atoms with Crippen molar-refractivity contribution < 1.29 is 32.6 Å². The minimum Gasteiger partial charge on any atom is -0.495 e. The Balaban J connectivity index is 2.43. The van der Waals surface area contributed by atoms with Crippen molar-refractivity contribution in [2.75, 3.05) is 33.9 Å². The molecule has 0 saturated carbocycles. The summed E-state index contributed by atoms with van der Waals surface area (Å²) in [7, 11) is -1.29. The Bertz CT molecular complexity index is 747. The summed E-state index contributed by atoms with van der Waals surface area (Å²) in [6, 6.07) is 2.80. The van der Waals surface area contributed by atoms with Gasteiger partial charge in [0.05, 0.1) is 20.3 Å². The Morgan fingerprint density at radius 2 is 2.12 bits per heavy atom. The zero-order chi connectivity index (χ0) is 17.9. The summed E-state index contributed by atoms with van der Waals surface area (Å²) in [6.45, 7) is 0.211. The van der Waals surface area contributed by atoms with Crippen LogP contribution in [0.2, 0.25) is 0 Å². The first kappa shape index (κ1) is 18.2. The maximum absolute atomic E-state index is 12.6. The van der Waals surface area contributed by atoms with Gasteiger partial charge >= 0.3 is 5.97 Å². The van der Waals surface area contributed by atoms with Gasteiger partial charge in [-0.25, -0.2) is 17.9 Å². The van der Waals surface area contributed by atoms with Gasteiger partial charge < -0.3 is 19.5 Å². The van der Waals surface area contributed by atoms with Crippen LogP contribution >= 0.6 is 0 Å². The van der Waals surface area contributed by atoms with Gasteiger partial charge in [-0.1, -0.05) is 0 Å². The van der Waals surface area contributed by atoms with Crippen LogP contribution in [0.25, 0.3) is 0 Å². The predicted octanol–water partition coefficient (Wildman–Crippen LogP) is -0.471. The number of carbonyl (C=O) groups is 2.